The van der Waals surface area contributed by atoms with Crippen LogP contribution in [0.5, 0.6) is 0 Å². The quantitative estimate of drug-likeness (QED) is 0.336. The molecular weight excluding hydrogens is 521 g/mol. The number of aromatic nitrogens is 1. The number of esters is 1. The summed E-state index contributed by atoms with van der Waals surface area (Å²) in [6.07, 6.45) is 2.65. The van der Waals surface area contributed by atoms with Crippen LogP contribution in [0, 0.1) is 0 Å². The number of carbonyl (C=O) groups is 2. The zero-order valence-corrected chi connectivity index (χ0v) is 14.4. The van der Waals surface area contributed by atoms with E-state index in [1.807, 2.05) is 0 Å². The Morgan fingerprint density at radius 2 is 1.95 bits per heavy atom. The van der Waals surface area contributed by atoms with Gasteiger partial charge in [-0.25, -0.2) is 4.79 Å². The second kappa shape index (κ2) is 8.73. The summed E-state index contributed by atoms with van der Waals surface area (Å²) in [6.45, 7) is 5.62. The normalized spacial score (nSPS) is 9.67. The molecule has 1 amide bonds. The van der Waals surface area contributed by atoms with E-state index in [1.54, 1.807) is 43.7 Å². The number of carboxylic acids is 1. The topological polar surface area (TPSA) is 112 Å². The molecule has 0 unspecified atom stereocenters. The van der Waals surface area contributed by atoms with Crippen molar-refractivity contribution in [3.8, 4) is 0 Å². The molecule has 1 rings (SSSR count). The molecule has 0 saturated carbocycles. The minimum absolute atomic E-state index is 0. The van der Waals surface area contributed by atoms with Gasteiger partial charge in [0.25, 0.3) is 0 Å². The summed E-state index contributed by atoms with van der Waals surface area (Å²) >= 11 is 0. The molecule has 0 aliphatic heterocycles. The van der Waals surface area contributed by atoms with Crippen LogP contribution in [-0.2, 0) is 20.9 Å². The third kappa shape index (κ3) is 8.41. The Morgan fingerprint density at radius 3 is 2.38 bits per heavy atom. The Hall–Kier alpha value is -3.31. The predicted molar refractivity (Wildman–Crippen MR) is 71.7 cm³/mol. The molecular formula is C13H19FmN2O5-. The summed E-state index contributed by atoms with van der Waals surface area (Å²) < 4.78 is 6.81. The van der Waals surface area contributed by atoms with Crippen LogP contribution in [-0.4, -0.2) is 33.6 Å². The zero-order chi connectivity index (χ0) is 15.8. The average molecular weight is 540 g/mol. The number of nitrogens with two attached hydrogens (primary N) is 1. The summed E-state index contributed by atoms with van der Waals surface area (Å²) in [6, 6.07) is 3.32. The van der Waals surface area contributed by atoms with Crippen molar-refractivity contribution in [1.29, 1.82) is 0 Å². The molecule has 0 saturated heterocycles. The minimum atomic E-state index is -0.895. The van der Waals surface area contributed by atoms with Gasteiger partial charge in [0.15, 0.2) is 0 Å². The summed E-state index contributed by atoms with van der Waals surface area (Å²) in [5.41, 5.74) is 3.86. The zero-order valence-electron chi connectivity index (χ0n) is 12.0. The summed E-state index contributed by atoms with van der Waals surface area (Å²) in [5.74, 6) is -1.33. The van der Waals surface area contributed by atoms with Crippen LogP contribution < -0.4 is 5.73 Å². The molecule has 0 aliphatic rings. The molecule has 3 N–H and O–H groups in total. The average Bonchev–Trinajstić information content (AvgIpc) is 2.73. The standard InChI is InChI=1S/C12H17NO4.CH2NO.Fm/c1-12(2,3)17-11(16)9-5-4-7-13(9)8-6-10(14)15;2-1-3;/h4-5,7H,6,8H2,1-3H3,(H,14,15);(H2,2,3);/q;-1;. The van der Waals surface area contributed by atoms with E-state index in [2.05, 4.69) is 5.73 Å². The number of aliphatic carboxylic acids is 1. The SMILES string of the molecule is CC(C)(C)OC(=O)c1cccn1CCC(=O)O.N[C-]=O.[Fm]. The van der Waals surface area contributed by atoms with Crippen LogP contribution >= 0.6 is 0 Å². The molecule has 1 heterocycles. The second-order valence-corrected chi connectivity index (χ2v) is 4.85. The third-order valence-corrected chi connectivity index (χ3v) is 2.00. The first kappa shape index (κ1) is 20.0. The number of nitrogens with zero attached hydrogens (tertiary/aromatic N) is 1. The number of aryl methyl sites for hydroxylation is 1. The summed E-state index contributed by atoms with van der Waals surface area (Å²) in [4.78, 5) is 30.7. The largest absolute Gasteiger partial charge is 0.543 e. The van der Waals surface area contributed by atoms with Crippen LogP contribution in [0.2, 0.25) is 0 Å². The molecule has 0 atom stereocenters. The van der Waals surface area contributed by atoms with Crippen molar-refractivity contribution in [2.45, 2.75) is 39.3 Å². The number of hydrogen-bond acceptors (Lipinski definition) is 4. The van der Waals surface area contributed by atoms with Gasteiger partial charge in [-0.05, 0) is 32.9 Å². The fourth-order valence-corrected chi connectivity index (χ4v) is 1.34. The number of rotatable bonds is 4. The number of amides is 1. The van der Waals surface area contributed by atoms with Crippen molar-refractivity contribution in [2.24, 2.45) is 5.73 Å². The van der Waals surface area contributed by atoms with Crippen LogP contribution in [0.15, 0.2) is 18.3 Å². The summed E-state index contributed by atoms with van der Waals surface area (Å²) in [5, 5.41) is 8.60. The van der Waals surface area contributed by atoms with Gasteiger partial charge in [0.2, 0.25) is 0 Å². The number of carbonyl (C=O) groups excluding carboxylic acids is 2. The summed E-state index contributed by atoms with van der Waals surface area (Å²) in [7, 11) is 0. The molecule has 0 bridgehead atoms. The molecule has 0 fully saturated rings. The van der Waals surface area contributed by atoms with Gasteiger partial charge in [0.05, 0.1) is 6.42 Å². The second-order valence-electron chi connectivity index (χ2n) is 4.85. The monoisotopic (exact) mass is 540 g/mol. The van der Waals surface area contributed by atoms with Gasteiger partial charge < -0.3 is 24.9 Å². The van der Waals surface area contributed by atoms with Crippen molar-refractivity contribution in [3.63, 3.8) is 0 Å². The van der Waals surface area contributed by atoms with Crippen LogP contribution in [0.3, 0.4) is 0 Å². The number of ether oxygens (including phenoxy) is 1. The van der Waals surface area contributed by atoms with Gasteiger partial charge in [-0.1, -0.05) is 0 Å². The number of hydrogen-bond donors (Lipinski definition) is 2. The Morgan fingerprint density at radius 1 is 1.43 bits per heavy atom. The van der Waals surface area contributed by atoms with E-state index in [1.165, 1.54) is 0 Å². The fourth-order valence-electron chi connectivity index (χ4n) is 1.34. The van der Waals surface area contributed by atoms with Crippen molar-refractivity contribution >= 4 is 18.3 Å². The Bertz CT molecular complexity index is 465. The van der Waals surface area contributed by atoms with Crippen molar-refractivity contribution in [3.05, 3.63) is 24.0 Å². The van der Waals surface area contributed by atoms with E-state index < -0.39 is 17.5 Å². The van der Waals surface area contributed by atoms with E-state index in [0.717, 1.165) is 6.41 Å². The van der Waals surface area contributed by atoms with Gasteiger partial charge in [-0.2, -0.15) is 6.41 Å². The Kier molecular flexibility index (Phi) is 8.32. The molecule has 7 nitrogen and oxygen atoms in total. The maximum atomic E-state index is 11.8. The molecule has 0 aromatic carbocycles. The van der Waals surface area contributed by atoms with E-state index >= 15 is 0 Å². The molecule has 0 aliphatic carbocycles. The van der Waals surface area contributed by atoms with Crippen LogP contribution in [0.4, 0.5) is 0 Å². The molecule has 0 radical (unpaired) electrons. The number of primary amides is 1. The molecule has 0 spiro atoms. The molecule has 1 aromatic rings. The van der Waals surface area contributed by atoms with E-state index in [0.29, 0.717) is 5.69 Å². The Balaban J connectivity index is 0. The molecule has 1 aromatic heterocycles. The fraction of sp³-hybridized carbons (Fsp3) is 0.462. The van der Waals surface area contributed by atoms with Gasteiger partial charge in [-0.3, -0.25) is 4.79 Å². The predicted octanol–water partition coefficient (Wildman–Crippen LogP) is 0.930. The van der Waals surface area contributed by atoms with Crippen LogP contribution in [0.1, 0.15) is 37.7 Å². The first-order valence-electron chi connectivity index (χ1n) is 5.89. The molecule has 21 heavy (non-hydrogen) atoms. The maximum Gasteiger partial charge on any atom is 0.355 e. The van der Waals surface area contributed by atoms with E-state index in [4.69, 9.17) is 14.6 Å². The van der Waals surface area contributed by atoms with Crippen LogP contribution in [0.25, 0.3) is 0 Å². The Labute approximate surface area is 117 Å². The van der Waals surface area contributed by atoms with Crippen molar-refractivity contribution in [1.82, 2.24) is 4.57 Å². The van der Waals surface area contributed by atoms with Crippen molar-refractivity contribution in [2.75, 3.05) is 0 Å². The third-order valence-electron chi connectivity index (χ3n) is 2.00. The first-order valence-corrected chi connectivity index (χ1v) is 5.89. The molecule has 124 valence electrons. The smallest absolute Gasteiger partial charge is 0.355 e. The number of carboxylic acid groups (broad SMARTS) is 1. The van der Waals surface area contributed by atoms with Gasteiger partial charge in [0.1, 0.15) is 11.3 Å². The minimum Gasteiger partial charge on any atom is -0.543 e. The van der Waals surface area contributed by atoms with Gasteiger partial charge >= 0.3 is 11.9 Å². The first-order chi connectivity index (χ1) is 9.21. The van der Waals surface area contributed by atoms with Gasteiger partial charge in [0, 0.05) is 12.7 Å². The van der Waals surface area contributed by atoms with Crippen molar-refractivity contribution < 1.29 is 24.2 Å². The van der Waals surface area contributed by atoms with Gasteiger partial charge in [-0.15, -0.1) is 0 Å². The molecule has 8 heteroatoms. The van der Waals surface area contributed by atoms with E-state index in [9.17, 15) is 9.59 Å². The maximum absolute atomic E-state index is 11.8. The van der Waals surface area contributed by atoms with E-state index in [-0.39, 0.29) is 13.0 Å².